The third kappa shape index (κ3) is 1.30. The Bertz CT molecular complexity index is 662. The van der Waals surface area contributed by atoms with Crippen LogP contribution in [-0.4, -0.2) is 0 Å². The summed E-state index contributed by atoms with van der Waals surface area (Å²) < 4.78 is 1.19. The molecule has 0 radical (unpaired) electrons. The second-order valence-electron chi connectivity index (χ2n) is 7.04. The summed E-state index contributed by atoms with van der Waals surface area (Å²) in [7, 11) is 0. The number of halogens is 1. The molecule has 2 heteroatoms. The molecule has 0 aliphatic heterocycles. The number of benzene rings is 2. The molecule has 102 valence electrons. The van der Waals surface area contributed by atoms with Gasteiger partial charge >= 0.3 is 0 Å². The standard InChI is InChI=1S/C18H17BrS/c1-17(2)11-5-9(19)6-12-15(11)16-13(17)7-10(20)8-14(16)18(12,3)4/h5-8,20H,1-4H3. The van der Waals surface area contributed by atoms with Crippen LogP contribution in [0.4, 0.5) is 0 Å². The molecule has 0 atom stereocenters. The van der Waals surface area contributed by atoms with Crippen LogP contribution in [0.25, 0.3) is 11.1 Å². The van der Waals surface area contributed by atoms with Gasteiger partial charge in [-0.15, -0.1) is 12.6 Å². The molecular weight excluding hydrogens is 328 g/mol. The van der Waals surface area contributed by atoms with Crippen LogP contribution in [0.15, 0.2) is 33.6 Å². The lowest BCUT2D eigenvalue weighted by atomic mass is 9.75. The van der Waals surface area contributed by atoms with E-state index in [-0.39, 0.29) is 10.8 Å². The van der Waals surface area contributed by atoms with Gasteiger partial charge in [0.05, 0.1) is 0 Å². The van der Waals surface area contributed by atoms with Crippen LogP contribution in [0.5, 0.6) is 0 Å². The maximum atomic E-state index is 4.64. The lowest BCUT2D eigenvalue weighted by Crippen LogP contribution is -2.21. The maximum absolute atomic E-state index is 4.64. The first-order chi connectivity index (χ1) is 9.24. The molecule has 20 heavy (non-hydrogen) atoms. The molecule has 2 aliphatic rings. The molecule has 0 fully saturated rings. The number of hydrogen-bond acceptors (Lipinski definition) is 1. The Morgan fingerprint density at radius 1 is 0.750 bits per heavy atom. The zero-order valence-corrected chi connectivity index (χ0v) is 14.6. The molecule has 2 aromatic rings. The van der Waals surface area contributed by atoms with Crippen LogP contribution in [0.3, 0.4) is 0 Å². The van der Waals surface area contributed by atoms with Crippen molar-refractivity contribution in [3.63, 3.8) is 0 Å². The molecular formula is C18H17BrS. The average molecular weight is 345 g/mol. The predicted molar refractivity (Wildman–Crippen MR) is 91.1 cm³/mol. The molecule has 0 aromatic heterocycles. The molecule has 0 amide bonds. The van der Waals surface area contributed by atoms with E-state index < -0.39 is 0 Å². The van der Waals surface area contributed by atoms with Crippen LogP contribution in [-0.2, 0) is 10.8 Å². The lowest BCUT2D eigenvalue weighted by Gasteiger charge is -2.29. The highest BCUT2D eigenvalue weighted by Crippen LogP contribution is 2.61. The second-order valence-corrected chi connectivity index (χ2v) is 8.47. The fourth-order valence-electron chi connectivity index (χ4n) is 4.03. The van der Waals surface area contributed by atoms with Crippen molar-refractivity contribution >= 4 is 28.6 Å². The van der Waals surface area contributed by atoms with E-state index in [9.17, 15) is 0 Å². The highest BCUT2D eigenvalue weighted by atomic mass is 79.9. The summed E-state index contributed by atoms with van der Waals surface area (Å²) in [6, 6.07) is 9.09. The number of thiol groups is 1. The minimum Gasteiger partial charge on any atom is -0.143 e. The fourth-order valence-corrected chi connectivity index (χ4v) is 4.75. The van der Waals surface area contributed by atoms with E-state index in [0.717, 1.165) is 4.90 Å². The topological polar surface area (TPSA) is 0 Å². The van der Waals surface area contributed by atoms with Crippen LogP contribution in [0.1, 0.15) is 49.9 Å². The van der Waals surface area contributed by atoms with Gasteiger partial charge in [-0.1, -0.05) is 43.6 Å². The van der Waals surface area contributed by atoms with Gasteiger partial charge in [-0.05, 0) is 57.6 Å². The van der Waals surface area contributed by atoms with Gasteiger partial charge in [-0.3, -0.25) is 0 Å². The second kappa shape index (κ2) is 3.53. The van der Waals surface area contributed by atoms with Crippen LogP contribution in [0, 0.1) is 0 Å². The first kappa shape index (κ1) is 13.0. The Labute approximate surface area is 134 Å². The molecule has 4 rings (SSSR count). The molecule has 0 nitrogen and oxygen atoms in total. The van der Waals surface area contributed by atoms with Crippen LogP contribution in [0.2, 0.25) is 0 Å². The summed E-state index contributed by atoms with van der Waals surface area (Å²) in [6.07, 6.45) is 0. The van der Waals surface area contributed by atoms with E-state index in [1.165, 1.54) is 37.9 Å². The molecule has 0 saturated carbocycles. The molecule has 0 bridgehead atoms. The van der Waals surface area contributed by atoms with Gasteiger partial charge < -0.3 is 0 Å². The fraction of sp³-hybridized carbons (Fsp3) is 0.333. The lowest BCUT2D eigenvalue weighted by molar-refractivity contribution is 0.626. The van der Waals surface area contributed by atoms with Crippen molar-refractivity contribution in [1.29, 1.82) is 0 Å². The quantitative estimate of drug-likeness (QED) is 0.583. The maximum Gasteiger partial charge on any atom is 0.0181 e. The molecule has 2 aliphatic carbocycles. The van der Waals surface area contributed by atoms with Crippen molar-refractivity contribution in [1.82, 2.24) is 0 Å². The van der Waals surface area contributed by atoms with Crippen molar-refractivity contribution in [2.24, 2.45) is 0 Å². The summed E-state index contributed by atoms with van der Waals surface area (Å²) in [6.45, 7) is 9.29. The Hall–Kier alpha value is -0.730. The smallest absolute Gasteiger partial charge is 0.0181 e. The Morgan fingerprint density at radius 3 is 1.50 bits per heavy atom. The summed E-state index contributed by atoms with van der Waals surface area (Å²) in [4.78, 5) is 1.07. The van der Waals surface area contributed by atoms with Gasteiger partial charge in [0.2, 0.25) is 0 Å². The zero-order valence-electron chi connectivity index (χ0n) is 12.1. The summed E-state index contributed by atoms with van der Waals surface area (Å²) in [5.74, 6) is 0. The van der Waals surface area contributed by atoms with Gasteiger partial charge in [0.15, 0.2) is 0 Å². The SMILES string of the molecule is CC1(C)c2cc(S)cc3c2-c2c1cc(Br)cc2C3(C)C. The Balaban J connectivity index is 2.26. The van der Waals surface area contributed by atoms with E-state index in [1.807, 2.05) is 0 Å². The summed E-state index contributed by atoms with van der Waals surface area (Å²) in [5, 5.41) is 0. The molecule has 2 aromatic carbocycles. The van der Waals surface area contributed by atoms with Crippen molar-refractivity contribution in [2.45, 2.75) is 43.4 Å². The molecule has 0 unspecified atom stereocenters. The largest absolute Gasteiger partial charge is 0.143 e. The number of hydrogen-bond donors (Lipinski definition) is 1. The highest BCUT2D eigenvalue weighted by Gasteiger charge is 2.47. The van der Waals surface area contributed by atoms with Crippen molar-refractivity contribution in [2.75, 3.05) is 0 Å². The zero-order chi connectivity index (χ0) is 14.4. The van der Waals surface area contributed by atoms with Gasteiger partial charge in [-0.2, -0.15) is 0 Å². The summed E-state index contributed by atoms with van der Waals surface area (Å²) >= 11 is 8.34. The minimum atomic E-state index is 0.0627. The monoisotopic (exact) mass is 344 g/mol. The first-order valence-electron chi connectivity index (χ1n) is 6.97. The first-order valence-corrected chi connectivity index (χ1v) is 8.21. The van der Waals surface area contributed by atoms with Crippen molar-refractivity contribution in [3.05, 3.63) is 51.0 Å². The minimum absolute atomic E-state index is 0.0627. The number of rotatable bonds is 0. The molecule has 0 heterocycles. The Kier molecular flexibility index (Phi) is 2.29. The normalized spacial score (nSPS) is 19.3. The van der Waals surface area contributed by atoms with Gasteiger partial charge in [0.1, 0.15) is 0 Å². The third-order valence-electron chi connectivity index (χ3n) is 5.17. The van der Waals surface area contributed by atoms with Gasteiger partial charge in [0, 0.05) is 20.2 Å². The molecule has 0 N–H and O–H groups in total. The summed E-state index contributed by atoms with van der Waals surface area (Å²) in [5.41, 5.74) is 8.82. The van der Waals surface area contributed by atoms with E-state index in [4.69, 9.17) is 0 Å². The van der Waals surface area contributed by atoms with E-state index >= 15 is 0 Å². The van der Waals surface area contributed by atoms with Crippen LogP contribution >= 0.6 is 28.6 Å². The Morgan fingerprint density at radius 2 is 1.10 bits per heavy atom. The molecule has 0 spiro atoms. The van der Waals surface area contributed by atoms with Gasteiger partial charge in [0.25, 0.3) is 0 Å². The average Bonchev–Trinajstić information content (AvgIpc) is 2.69. The van der Waals surface area contributed by atoms with Crippen molar-refractivity contribution < 1.29 is 0 Å². The predicted octanol–water partition coefficient (Wildman–Crippen LogP) is 5.68. The highest BCUT2D eigenvalue weighted by molar-refractivity contribution is 9.10. The molecule has 0 saturated heterocycles. The van der Waals surface area contributed by atoms with E-state index in [2.05, 4.69) is 80.5 Å². The van der Waals surface area contributed by atoms with E-state index in [1.54, 1.807) is 0 Å². The van der Waals surface area contributed by atoms with Crippen molar-refractivity contribution in [3.8, 4) is 11.1 Å². The van der Waals surface area contributed by atoms with E-state index in [0.29, 0.717) is 0 Å². The van der Waals surface area contributed by atoms with Gasteiger partial charge in [-0.25, -0.2) is 0 Å². The third-order valence-corrected chi connectivity index (χ3v) is 5.89. The van der Waals surface area contributed by atoms with Crippen LogP contribution < -0.4 is 0 Å².